The third kappa shape index (κ3) is 4.82. The molecule has 0 aromatic heterocycles. The molecule has 7 heteroatoms. The van der Waals surface area contributed by atoms with Crippen molar-refractivity contribution in [2.75, 3.05) is 5.75 Å². The van der Waals surface area contributed by atoms with E-state index in [0.717, 1.165) is 31.7 Å². The summed E-state index contributed by atoms with van der Waals surface area (Å²) >= 11 is 1.82. The molecule has 1 aromatic rings. The van der Waals surface area contributed by atoms with Gasteiger partial charge in [0.15, 0.2) is 11.6 Å². The van der Waals surface area contributed by atoms with Crippen molar-refractivity contribution < 1.29 is 18.0 Å². The van der Waals surface area contributed by atoms with Crippen molar-refractivity contribution in [1.82, 2.24) is 4.90 Å². The molecule has 4 atom stereocenters. The number of carbonyl (C=O) groups excluding carboxylic acids is 1. The molecule has 3 aliphatic rings. The molecular weight excluding hydrogens is 409 g/mol. The average molecular weight is 441 g/mol. The van der Waals surface area contributed by atoms with E-state index in [1.54, 1.807) is 0 Å². The number of nitrogens with two attached hydrogens (primary N) is 1. The molecule has 166 valence electrons. The van der Waals surface area contributed by atoms with Crippen LogP contribution >= 0.6 is 11.8 Å². The van der Waals surface area contributed by atoms with Crippen molar-refractivity contribution in [3.05, 3.63) is 35.1 Å². The molecule has 2 saturated heterocycles. The fourth-order valence-corrected chi connectivity index (χ4v) is 6.81. The van der Waals surface area contributed by atoms with Gasteiger partial charge in [0, 0.05) is 29.4 Å². The van der Waals surface area contributed by atoms with Gasteiger partial charge in [-0.1, -0.05) is 19.3 Å². The summed E-state index contributed by atoms with van der Waals surface area (Å²) in [5.41, 5.74) is 6.50. The van der Waals surface area contributed by atoms with Gasteiger partial charge in [0.2, 0.25) is 5.91 Å². The monoisotopic (exact) mass is 440 g/mol. The molecule has 2 N–H and O–H groups in total. The minimum absolute atomic E-state index is 0.121. The zero-order chi connectivity index (χ0) is 21.3. The number of amides is 1. The Kier molecular flexibility index (Phi) is 6.98. The number of hydrogen-bond donors (Lipinski definition) is 1. The van der Waals surface area contributed by atoms with Crippen molar-refractivity contribution in [2.24, 2.45) is 11.7 Å². The standard InChI is InChI=1S/C23H31F3N2OS/c24-19-12-21(26)20(25)10-14(19)11-22(27)15-8-16-6-7-17(9-15)28(16)23(29)13-30-18-4-2-1-3-5-18/h10,12,15-18,22H,1-9,11,13,27H2/t15-,16-,17+,22-/m1/s1. The summed E-state index contributed by atoms with van der Waals surface area (Å²) in [5.74, 6) is -2.01. The minimum atomic E-state index is -1.18. The topological polar surface area (TPSA) is 46.3 Å². The largest absolute Gasteiger partial charge is 0.336 e. The SMILES string of the molecule is N[C@H](Cc1cc(F)c(F)cc1F)[C@@H]1C[C@H]2CC[C@@H](C1)N2C(=O)CSC1CCCCC1. The van der Waals surface area contributed by atoms with Crippen LogP contribution in [0.25, 0.3) is 0 Å². The van der Waals surface area contributed by atoms with Gasteiger partial charge in [0.1, 0.15) is 5.82 Å². The van der Waals surface area contributed by atoms with Gasteiger partial charge < -0.3 is 10.6 Å². The van der Waals surface area contributed by atoms with Crippen LogP contribution in [0, 0.1) is 23.4 Å². The third-order valence-electron chi connectivity index (χ3n) is 7.20. The fourth-order valence-electron chi connectivity index (χ4n) is 5.61. The predicted octanol–water partition coefficient (Wildman–Crippen LogP) is 4.81. The highest BCUT2D eigenvalue weighted by Gasteiger charge is 2.44. The number of benzene rings is 1. The van der Waals surface area contributed by atoms with Gasteiger partial charge in [-0.2, -0.15) is 0 Å². The molecule has 0 unspecified atom stereocenters. The van der Waals surface area contributed by atoms with E-state index in [1.165, 1.54) is 32.1 Å². The lowest BCUT2D eigenvalue weighted by Gasteiger charge is -2.41. The van der Waals surface area contributed by atoms with Crippen LogP contribution in [0.15, 0.2) is 12.1 Å². The Labute approximate surface area is 180 Å². The molecule has 3 nitrogen and oxygen atoms in total. The second kappa shape index (κ2) is 9.51. The number of piperidine rings is 1. The highest BCUT2D eigenvalue weighted by Crippen LogP contribution is 2.41. The normalized spacial score (nSPS) is 28.0. The number of thioether (sulfide) groups is 1. The van der Waals surface area contributed by atoms with E-state index in [1.807, 2.05) is 11.8 Å². The summed E-state index contributed by atoms with van der Waals surface area (Å²) in [6, 6.07) is 1.58. The minimum Gasteiger partial charge on any atom is -0.336 e. The Hall–Kier alpha value is -1.21. The van der Waals surface area contributed by atoms with E-state index in [-0.39, 0.29) is 41.9 Å². The van der Waals surface area contributed by atoms with E-state index in [4.69, 9.17) is 5.73 Å². The van der Waals surface area contributed by atoms with E-state index < -0.39 is 17.5 Å². The van der Waals surface area contributed by atoms with Crippen LogP contribution in [-0.2, 0) is 11.2 Å². The van der Waals surface area contributed by atoms with E-state index in [2.05, 4.69) is 4.90 Å². The molecule has 1 saturated carbocycles. The second-order valence-corrected chi connectivity index (χ2v) is 10.5. The zero-order valence-corrected chi connectivity index (χ0v) is 18.1. The lowest BCUT2D eigenvalue weighted by Crippen LogP contribution is -2.51. The highest BCUT2D eigenvalue weighted by molar-refractivity contribution is 8.00. The van der Waals surface area contributed by atoms with Gasteiger partial charge in [0.25, 0.3) is 0 Å². The lowest BCUT2D eigenvalue weighted by atomic mass is 9.82. The van der Waals surface area contributed by atoms with Gasteiger partial charge in [-0.25, -0.2) is 13.2 Å². The van der Waals surface area contributed by atoms with Crippen molar-refractivity contribution >= 4 is 17.7 Å². The van der Waals surface area contributed by atoms with Crippen molar-refractivity contribution in [3.63, 3.8) is 0 Å². The summed E-state index contributed by atoms with van der Waals surface area (Å²) in [6.45, 7) is 0. The number of carbonyl (C=O) groups is 1. The Morgan fingerprint density at radius 3 is 2.30 bits per heavy atom. The van der Waals surface area contributed by atoms with Gasteiger partial charge >= 0.3 is 0 Å². The summed E-state index contributed by atoms with van der Waals surface area (Å²) in [7, 11) is 0. The van der Waals surface area contributed by atoms with Gasteiger partial charge in [-0.05, 0) is 62.5 Å². The molecule has 0 radical (unpaired) electrons. The molecular formula is C23H31F3N2OS. The van der Waals surface area contributed by atoms with E-state index in [9.17, 15) is 18.0 Å². The van der Waals surface area contributed by atoms with Gasteiger partial charge in [0.05, 0.1) is 5.75 Å². The Morgan fingerprint density at radius 2 is 1.63 bits per heavy atom. The maximum atomic E-state index is 14.0. The van der Waals surface area contributed by atoms with Crippen LogP contribution in [0.2, 0.25) is 0 Å². The maximum Gasteiger partial charge on any atom is 0.233 e. The molecule has 0 spiro atoms. The molecule has 2 aliphatic heterocycles. The van der Waals surface area contributed by atoms with Gasteiger partial charge in [-0.15, -0.1) is 11.8 Å². The lowest BCUT2D eigenvalue weighted by molar-refractivity contribution is -0.133. The quantitative estimate of drug-likeness (QED) is 0.646. The fraction of sp³-hybridized carbons (Fsp3) is 0.696. The number of hydrogen-bond acceptors (Lipinski definition) is 3. The smallest absolute Gasteiger partial charge is 0.233 e. The molecule has 1 aliphatic carbocycles. The summed E-state index contributed by atoms with van der Waals surface area (Å²) in [4.78, 5) is 15.0. The van der Waals surface area contributed by atoms with Crippen molar-refractivity contribution in [3.8, 4) is 0 Å². The van der Waals surface area contributed by atoms with Crippen molar-refractivity contribution in [1.29, 1.82) is 0 Å². The summed E-state index contributed by atoms with van der Waals surface area (Å²) in [6.07, 6.45) is 10.1. The first-order valence-electron chi connectivity index (χ1n) is 11.2. The van der Waals surface area contributed by atoms with Gasteiger partial charge in [-0.3, -0.25) is 4.79 Å². The molecule has 3 fully saturated rings. The summed E-state index contributed by atoms with van der Waals surface area (Å²) < 4.78 is 40.7. The number of fused-ring (bicyclic) bond motifs is 2. The first kappa shape index (κ1) is 22.0. The van der Waals surface area contributed by atoms with Crippen LogP contribution in [0.4, 0.5) is 13.2 Å². The Bertz CT molecular complexity index is 757. The summed E-state index contributed by atoms with van der Waals surface area (Å²) in [5, 5.41) is 0.623. The van der Waals surface area contributed by atoms with Crippen LogP contribution < -0.4 is 5.73 Å². The number of rotatable bonds is 6. The molecule has 2 bridgehead atoms. The molecule has 4 rings (SSSR count). The third-order valence-corrected chi connectivity index (χ3v) is 8.56. The predicted molar refractivity (Wildman–Crippen MR) is 114 cm³/mol. The molecule has 1 amide bonds. The Morgan fingerprint density at radius 1 is 1.00 bits per heavy atom. The second-order valence-electron chi connectivity index (χ2n) is 9.21. The first-order valence-corrected chi connectivity index (χ1v) is 12.3. The highest BCUT2D eigenvalue weighted by atomic mass is 32.2. The van der Waals surface area contributed by atoms with E-state index >= 15 is 0 Å². The number of nitrogens with zero attached hydrogens (tertiary/aromatic N) is 1. The van der Waals surface area contributed by atoms with Crippen LogP contribution in [0.1, 0.15) is 63.4 Å². The average Bonchev–Trinajstić information content (AvgIpc) is 3.00. The maximum absolute atomic E-state index is 14.0. The molecule has 2 heterocycles. The van der Waals surface area contributed by atoms with Crippen molar-refractivity contribution in [2.45, 2.75) is 87.6 Å². The zero-order valence-electron chi connectivity index (χ0n) is 17.3. The van der Waals surface area contributed by atoms with E-state index in [0.29, 0.717) is 17.1 Å². The van der Waals surface area contributed by atoms with Crippen LogP contribution in [0.5, 0.6) is 0 Å². The molecule has 1 aromatic carbocycles. The molecule has 30 heavy (non-hydrogen) atoms. The van der Waals surface area contributed by atoms with Crippen LogP contribution in [0.3, 0.4) is 0 Å². The first-order chi connectivity index (χ1) is 14.4. The van der Waals surface area contributed by atoms with Crippen LogP contribution in [-0.4, -0.2) is 39.9 Å². The Balaban J connectivity index is 1.33. The number of halogens is 3.